The van der Waals surface area contributed by atoms with Crippen molar-refractivity contribution in [3.8, 4) is 17.2 Å². The van der Waals surface area contributed by atoms with Crippen molar-refractivity contribution in [1.82, 2.24) is 0 Å². The molecule has 1 aliphatic rings. The van der Waals surface area contributed by atoms with Gasteiger partial charge < -0.3 is 18.9 Å². The molecular formula is C21H19BrO6. The molecule has 2 aromatic rings. The standard InChI is InChI=1S/C21H19BrO6/c1-4-26-21(24)12(2)27-15-6-7-16-18(11-15)28-19(20(16)23)10-13-9-14(22)5-8-17(13)25-3/h5-12H,4H2,1-3H3/t12-/m1/s1. The minimum Gasteiger partial charge on any atom is -0.496 e. The zero-order chi connectivity index (χ0) is 20.3. The zero-order valence-electron chi connectivity index (χ0n) is 15.7. The first kappa shape index (κ1) is 19.9. The molecule has 0 amide bonds. The Labute approximate surface area is 171 Å². The lowest BCUT2D eigenvalue weighted by atomic mass is 10.1. The van der Waals surface area contributed by atoms with Gasteiger partial charge in [0.1, 0.15) is 17.2 Å². The Kier molecular flexibility index (Phi) is 6.04. The molecule has 1 aliphatic heterocycles. The number of ether oxygens (including phenoxy) is 4. The minimum atomic E-state index is -0.768. The third kappa shape index (κ3) is 4.20. The lowest BCUT2D eigenvalue weighted by Gasteiger charge is -2.13. The van der Waals surface area contributed by atoms with Crippen LogP contribution in [0.1, 0.15) is 29.8 Å². The number of hydrogen-bond acceptors (Lipinski definition) is 6. The molecule has 28 heavy (non-hydrogen) atoms. The minimum absolute atomic E-state index is 0.182. The first-order valence-electron chi connectivity index (χ1n) is 8.68. The second kappa shape index (κ2) is 8.48. The highest BCUT2D eigenvalue weighted by Gasteiger charge is 2.28. The van der Waals surface area contributed by atoms with Gasteiger partial charge in [-0.05, 0) is 50.3 Å². The number of esters is 1. The zero-order valence-corrected chi connectivity index (χ0v) is 17.2. The fourth-order valence-corrected chi connectivity index (χ4v) is 3.09. The van der Waals surface area contributed by atoms with Crippen molar-refractivity contribution in [2.24, 2.45) is 0 Å². The number of halogens is 1. The second-order valence-electron chi connectivity index (χ2n) is 6.00. The second-order valence-corrected chi connectivity index (χ2v) is 6.91. The Morgan fingerprint density at radius 1 is 1.25 bits per heavy atom. The lowest BCUT2D eigenvalue weighted by Crippen LogP contribution is -2.26. The summed E-state index contributed by atoms with van der Waals surface area (Å²) < 4.78 is 22.4. The highest BCUT2D eigenvalue weighted by atomic mass is 79.9. The monoisotopic (exact) mass is 446 g/mol. The van der Waals surface area contributed by atoms with Crippen molar-refractivity contribution >= 4 is 33.8 Å². The number of fused-ring (bicyclic) bond motifs is 1. The van der Waals surface area contributed by atoms with Crippen LogP contribution in [0.2, 0.25) is 0 Å². The highest BCUT2D eigenvalue weighted by Crippen LogP contribution is 2.36. The molecule has 2 aromatic carbocycles. The average molecular weight is 447 g/mol. The van der Waals surface area contributed by atoms with Crippen molar-refractivity contribution in [3.05, 3.63) is 57.8 Å². The fourth-order valence-electron chi connectivity index (χ4n) is 2.71. The van der Waals surface area contributed by atoms with E-state index >= 15 is 0 Å². The summed E-state index contributed by atoms with van der Waals surface area (Å²) in [6, 6.07) is 10.3. The molecule has 0 saturated carbocycles. The summed E-state index contributed by atoms with van der Waals surface area (Å²) in [5, 5.41) is 0. The number of rotatable bonds is 6. The van der Waals surface area contributed by atoms with E-state index in [1.165, 1.54) is 0 Å². The van der Waals surface area contributed by atoms with Crippen LogP contribution in [0.25, 0.3) is 6.08 Å². The molecule has 6 nitrogen and oxygen atoms in total. The predicted molar refractivity (Wildman–Crippen MR) is 107 cm³/mol. The number of carbonyl (C=O) groups is 2. The molecule has 0 N–H and O–H groups in total. The number of methoxy groups -OCH3 is 1. The molecule has 0 radical (unpaired) electrons. The average Bonchev–Trinajstić information content (AvgIpc) is 2.97. The fraction of sp³-hybridized carbons (Fsp3) is 0.238. The first-order chi connectivity index (χ1) is 13.4. The summed E-state index contributed by atoms with van der Waals surface area (Å²) in [5.74, 6) is 0.897. The van der Waals surface area contributed by atoms with E-state index in [1.54, 1.807) is 51.3 Å². The number of hydrogen-bond donors (Lipinski definition) is 0. The maximum absolute atomic E-state index is 12.7. The van der Waals surface area contributed by atoms with Gasteiger partial charge in [-0.25, -0.2) is 4.79 Å². The Balaban J connectivity index is 1.83. The summed E-state index contributed by atoms with van der Waals surface area (Å²) in [6.45, 7) is 3.61. The summed E-state index contributed by atoms with van der Waals surface area (Å²) in [4.78, 5) is 24.4. The highest BCUT2D eigenvalue weighted by molar-refractivity contribution is 9.10. The van der Waals surface area contributed by atoms with Crippen LogP contribution >= 0.6 is 15.9 Å². The van der Waals surface area contributed by atoms with E-state index in [-0.39, 0.29) is 18.1 Å². The molecule has 1 heterocycles. The predicted octanol–water partition coefficient (Wildman–Crippen LogP) is 4.40. The van der Waals surface area contributed by atoms with Crippen LogP contribution in [0.5, 0.6) is 17.2 Å². The van der Waals surface area contributed by atoms with Crippen LogP contribution < -0.4 is 14.2 Å². The number of allylic oxidation sites excluding steroid dienone is 1. The molecule has 146 valence electrons. The topological polar surface area (TPSA) is 71.1 Å². The maximum Gasteiger partial charge on any atom is 0.347 e. The van der Waals surface area contributed by atoms with Crippen molar-refractivity contribution in [1.29, 1.82) is 0 Å². The summed E-state index contributed by atoms with van der Waals surface area (Å²) in [7, 11) is 1.56. The van der Waals surface area contributed by atoms with Crippen LogP contribution in [0.15, 0.2) is 46.6 Å². The normalized spacial score (nSPS) is 15.0. The Hall–Kier alpha value is -2.80. The van der Waals surface area contributed by atoms with Gasteiger partial charge in [-0.15, -0.1) is 0 Å². The molecule has 0 saturated heterocycles. The van der Waals surface area contributed by atoms with Gasteiger partial charge in [0.15, 0.2) is 11.9 Å². The van der Waals surface area contributed by atoms with Gasteiger partial charge in [0, 0.05) is 16.1 Å². The van der Waals surface area contributed by atoms with E-state index in [1.807, 2.05) is 12.1 Å². The van der Waals surface area contributed by atoms with Gasteiger partial charge in [-0.2, -0.15) is 0 Å². The van der Waals surface area contributed by atoms with E-state index in [2.05, 4.69) is 15.9 Å². The smallest absolute Gasteiger partial charge is 0.347 e. The Morgan fingerprint density at radius 3 is 2.75 bits per heavy atom. The lowest BCUT2D eigenvalue weighted by molar-refractivity contribution is -0.150. The summed E-state index contributed by atoms with van der Waals surface area (Å²) in [5.41, 5.74) is 1.14. The molecule has 3 rings (SSSR count). The quantitative estimate of drug-likeness (QED) is 0.483. The molecule has 0 aromatic heterocycles. The van der Waals surface area contributed by atoms with Gasteiger partial charge in [-0.3, -0.25) is 4.79 Å². The number of benzene rings is 2. The SMILES string of the molecule is CCOC(=O)[C@@H](C)Oc1ccc2c(c1)OC(=Cc1cc(Br)ccc1OC)C2=O. The maximum atomic E-state index is 12.7. The van der Waals surface area contributed by atoms with E-state index in [0.717, 1.165) is 4.47 Å². The van der Waals surface area contributed by atoms with Crippen molar-refractivity contribution in [3.63, 3.8) is 0 Å². The van der Waals surface area contributed by atoms with E-state index in [9.17, 15) is 9.59 Å². The first-order valence-corrected chi connectivity index (χ1v) is 9.47. The van der Waals surface area contributed by atoms with Crippen molar-refractivity contribution < 1.29 is 28.5 Å². The Bertz CT molecular complexity index is 950. The molecule has 0 unspecified atom stereocenters. The van der Waals surface area contributed by atoms with E-state index in [4.69, 9.17) is 18.9 Å². The molecule has 7 heteroatoms. The molecule has 1 atom stereocenters. The van der Waals surface area contributed by atoms with Crippen LogP contribution in [-0.2, 0) is 9.53 Å². The largest absolute Gasteiger partial charge is 0.496 e. The van der Waals surface area contributed by atoms with Gasteiger partial charge in [0.05, 0.1) is 19.3 Å². The van der Waals surface area contributed by atoms with Gasteiger partial charge in [-0.1, -0.05) is 15.9 Å². The van der Waals surface area contributed by atoms with Crippen LogP contribution in [0.4, 0.5) is 0 Å². The number of Topliss-reactive ketones (excluding diaryl/α,β-unsaturated/α-hetero) is 1. The van der Waals surface area contributed by atoms with Crippen LogP contribution in [0.3, 0.4) is 0 Å². The van der Waals surface area contributed by atoms with Gasteiger partial charge in [0.2, 0.25) is 5.78 Å². The van der Waals surface area contributed by atoms with Crippen molar-refractivity contribution in [2.75, 3.05) is 13.7 Å². The van der Waals surface area contributed by atoms with Crippen LogP contribution in [0, 0.1) is 0 Å². The molecule has 0 spiro atoms. The van der Waals surface area contributed by atoms with Crippen LogP contribution in [-0.4, -0.2) is 31.6 Å². The third-order valence-electron chi connectivity index (χ3n) is 4.05. The van der Waals surface area contributed by atoms with E-state index < -0.39 is 12.1 Å². The molecule has 0 bridgehead atoms. The molecule has 0 fully saturated rings. The Morgan fingerprint density at radius 2 is 2.04 bits per heavy atom. The third-order valence-corrected chi connectivity index (χ3v) is 4.54. The summed E-state index contributed by atoms with van der Waals surface area (Å²) in [6.07, 6.45) is 0.865. The van der Waals surface area contributed by atoms with Crippen molar-refractivity contribution in [2.45, 2.75) is 20.0 Å². The van der Waals surface area contributed by atoms with Gasteiger partial charge >= 0.3 is 5.97 Å². The summed E-state index contributed by atoms with van der Waals surface area (Å²) >= 11 is 3.41. The van der Waals surface area contributed by atoms with E-state index in [0.29, 0.717) is 28.4 Å². The molecule has 0 aliphatic carbocycles. The van der Waals surface area contributed by atoms with Gasteiger partial charge in [0.25, 0.3) is 0 Å². The molecular weight excluding hydrogens is 428 g/mol. The number of ketones is 1. The number of carbonyl (C=O) groups excluding carboxylic acids is 2.